The second-order valence-electron chi connectivity index (χ2n) is 2.33. The summed E-state index contributed by atoms with van der Waals surface area (Å²) in [5, 5.41) is 0. The van der Waals surface area contributed by atoms with Gasteiger partial charge in [0.1, 0.15) is 6.29 Å². The first kappa shape index (κ1) is 9.49. The molecule has 1 aromatic heterocycles. The van der Waals surface area contributed by atoms with Crippen molar-refractivity contribution in [3.8, 4) is 0 Å². The number of aldehydes is 1. The van der Waals surface area contributed by atoms with Crippen LogP contribution >= 0.6 is 22.9 Å². The minimum Gasteiger partial charge on any atom is -0.298 e. The third kappa shape index (κ3) is 2.47. The SMILES string of the molecule is CCC(C=O)=Cc1ccc(Cl)s1. The summed E-state index contributed by atoms with van der Waals surface area (Å²) in [6, 6.07) is 3.74. The topological polar surface area (TPSA) is 17.1 Å². The fraction of sp³-hybridized carbons (Fsp3) is 0.222. The van der Waals surface area contributed by atoms with Gasteiger partial charge in [0.25, 0.3) is 0 Å². The normalized spacial score (nSPS) is 11.7. The summed E-state index contributed by atoms with van der Waals surface area (Å²) in [5.74, 6) is 0. The van der Waals surface area contributed by atoms with Gasteiger partial charge in [-0.1, -0.05) is 18.5 Å². The Morgan fingerprint density at radius 2 is 2.42 bits per heavy atom. The van der Waals surface area contributed by atoms with Crippen molar-refractivity contribution in [1.82, 2.24) is 0 Å². The second kappa shape index (κ2) is 4.43. The lowest BCUT2D eigenvalue weighted by Crippen LogP contribution is -1.79. The smallest absolute Gasteiger partial charge is 0.146 e. The van der Waals surface area contributed by atoms with Gasteiger partial charge in [-0.05, 0) is 30.2 Å². The molecule has 64 valence electrons. The molecule has 0 amide bonds. The van der Waals surface area contributed by atoms with Crippen molar-refractivity contribution in [1.29, 1.82) is 0 Å². The van der Waals surface area contributed by atoms with E-state index in [1.807, 2.05) is 25.1 Å². The van der Waals surface area contributed by atoms with E-state index in [1.54, 1.807) is 0 Å². The van der Waals surface area contributed by atoms with Crippen LogP contribution < -0.4 is 0 Å². The monoisotopic (exact) mass is 200 g/mol. The van der Waals surface area contributed by atoms with E-state index in [0.29, 0.717) is 0 Å². The average Bonchev–Trinajstić information content (AvgIpc) is 2.47. The molecule has 0 unspecified atom stereocenters. The molecule has 1 aromatic rings. The Hall–Kier alpha value is -0.600. The molecule has 0 N–H and O–H groups in total. The number of thiophene rings is 1. The third-order valence-electron chi connectivity index (χ3n) is 1.48. The van der Waals surface area contributed by atoms with E-state index in [4.69, 9.17) is 11.6 Å². The molecule has 0 aliphatic heterocycles. The summed E-state index contributed by atoms with van der Waals surface area (Å²) >= 11 is 7.21. The van der Waals surface area contributed by atoms with E-state index >= 15 is 0 Å². The lowest BCUT2D eigenvalue weighted by atomic mass is 10.2. The van der Waals surface area contributed by atoms with E-state index in [1.165, 1.54) is 11.3 Å². The Balaban J connectivity index is 2.85. The van der Waals surface area contributed by atoms with Gasteiger partial charge in [-0.2, -0.15) is 0 Å². The van der Waals surface area contributed by atoms with Crippen LogP contribution in [0.4, 0.5) is 0 Å². The zero-order valence-corrected chi connectivity index (χ0v) is 8.28. The van der Waals surface area contributed by atoms with Gasteiger partial charge in [0, 0.05) is 4.88 Å². The Labute approximate surface area is 80.7 Å². The Morgan fingerprint density at radius 3 is 2.83 bits per heavy atom. The van der Waals surface area contributed by atoms with Gasteiger partial charge in [0.2, 0.25) is 0 Å². The number of carbonyl (C=O) groups excluding carboxylic acids is 1. The summed E-state index contributed by atoms with van der Waals surface area (Å²) in [6.07, 6.45) is 3.51. The maximum absolute atomic E-state index is 10.5. The molecule has 0 radical (unpaired) electrons. The molecule has 0 saturated carbocycles. The van der Waals surface area contributed by atoms with Crippen LogP contribution in [0.1, 0.15) is 18.2 Å². The van der Waals surface area contributed by atoms with E-state index in [9.17, 15) is 4.79 Å². The summed E-state index contributed by atoms with van der Waals surface area (Å²) < 4.78 is 0.752. The lowest BCUT2D eigenvalue weighted by molar-refractivity contribution is -0.104. The predicted octanol–water partition coefficient (Wildman–Crippen LogP) is 3.39. The number of hydrogen-bond donors (Lipinski definition) is 0. The molecule has 0 saturated heterocycles. The highest BCUT2D eigenvalue weighted by atomic mass is 35.5. The summed E-state index contributed by atoms with van der Waals surface area (Å²) in [6.45, 7) is 1.95. The molecule has 0 aliphatic rings. The zero-order chi connectivity index (χ0) is 8.97. The molecule has 0 bridgehead atoms. The molecule has 12 heavy (non-hydrogen) atoms. The number of halogens is 1. The van der Waals surface area contributed by atoms with Gasteiger partial charge in [-0.3, -0.25) is 4.79 Å². The fourth-order valence-electron chi connectivity index (χ4n) is 0.808. The highest BCUT2D eigenvalue weighted by molar-refractivity contribution is 7.17. The van der Waals surface area contributed by atoms with Crippen LogP contribution in [0, 0.1) is 0 Å². The highest BCUT2D eigenvalue weighted by Gasteiger charge is 1.96. The van der Waals surface area contributed by atoms with Gasteiger partial charge < -0.3 is 0 Å². The van der Waals surface area contributed by atoms with Crippen molar-refractivity contribution in [3.05, 3.63) is 26.9 Å². The first-order chi connectivity index (χ1) is 5.76. The van der Waals surface area contributed by atoms with Crippen molar-refractivity contribution in [2.45, 2.75) is 13.3 Å². The number of rotatable bonds is 3. The van der Waals surface area contributed by atoms with Crippen LogP contribution in [0.15, 0.2) is 17.7 Å². The molecule has 3 heteroatoms. The summed E-state index contributed by atoms with van der Waals surface area (Å²) in [5.41, 5.74) is 0.800. The summed E-state index contributed by atoms with van der Waals surface area (Å²) in [7, 11) is 0. The minimum absolute atomic E-state index is 0.752. The molecule has 1 heterocycles. The van der Waals surface area contributed by atoms with Crippen LogP contribution in [-0.4, -0.2) is 6.29 Å². The molecular formula is C9H9ClOS. The zero-order valence-electron chi connectivity index (χ0n) is 6.71. The van der Waals surface area contributed by atoms with Crippen LogP contribution in [0.25, 0.3) is 6.08 Å². The Bertz CT molecular complexity index is 301. The third-order valence-corrected chi connectivity index (χ3v) is 2.66. The molecule has 0 fully saturated rings. The predicted molar refractivity (Wildman–Crippen MR) is 53.7 cm³/mol. The minimum atomic E-state index is 0.752. The average molecular weight is 201 g/mol. The first-order valence-corrected chi connectivity index (χ1v) is 4.86. The fourth-order valence-corrected chi connectivity index (χ4v) is 1.85. The largest absolute Gasteiger partial charge is 0.298 e. The molecule has 1 rings (SSSR count). The van der Waals surface area contributed by atoms with Crippen LogP contribution in [0.2, 0.25) is 4.34 Å². The molecule has 0 aliphatic carbocycles. The molecule has 0 spiro atoms. The maximum atomic E-state index is 10.5. The van der Waals surface area contributed by atoms with Gasteiger partial charge >= 0.3 is 0 Å². The molecule has 0 atom stereocenters. The Kier molecular flexibility index (Phi) is 3.50. The second-order valence-corrected chi connectivity index (χ2v) is 4.08. The lowest BCUT2D eigenvalue weighted by Gasteiger charge is -1.89. The first-order valence-electron chi connectivity index (χ1n) is 3.67. The highest BCUT2D eigenvalue weighted by Crippen LogP contribution is 2.23. The van der Waals surface area contributed by atoms with E-state index in [0.717, 1.165) is 27.5 Å². The van der Waals surface area contributed by atoms with Gasteiger partial charge in [0.15, 0.2) is 0 Å². The van der Waals surface area contributed by atoms with Crippen LogP contribution in [-0.2, 0) is 4.79 Å². The molecular weight excluding hydrogens is 192 g/mol. The number of carbonyl (C=O) groups is 1. The quantitative estimate of drug-likeness (QED) is 0.540. The van der Waals surface area contributed by atoms with Gasteiger partial charge in [0.05, 0.1) is 4.34 Å². The number of hydrogen-bond acceptors (Lipinski definition) is 2. The van der Waals surface area contributed by atoms with Crippen molar-refractivity contribution in [2.24, 2.45) is 0 Å². The molecule has 1 nitrogen and oxygen atoms in total. The van der Waals surface area contributed by atoms with Crippen molar-refractivity contribution in [3.63, 3.8) is 0 Å². The van der Waals surface area contributed by atoms with Crippen LogP contribution in [0.3, 0.4) is 0 Å². The van der Waals surface area contributed by atoms with Crippen molar-refractivity contribution in [2.75, 3.05) is 0 Å². The maximum Gasteiger partial charge on any atom is 0.146 e. The van der Waals surface area contributed by atoms with Crippen molar-refractivity contribution >= 4 is 35.3 Å². The number of allylic oxidation sites excluding steroid dienone is 1. The molecule has 0 aromatic carbocycles. The summed E-state index contributed by atoms with van der Waals surface area (Å²) in [4.78, 5) is 11.5. The Morgan fingerprint density at radius 1 is 1.67 bits per heavy atom. The van der Waals surface area contributed by atoms with Crippen LogP contribution in [0.5, 0.6) is 0 Å². The van der Waals surface area contributed by atoms with E-state index in [-0.39, 0.29) is 0 Å². The van der Waals surface area contributed by atoms with Gasteiger partial charge in [-0.25, -0.2) is 0 Å². The van der Waals surface area contributed by atoms with Crippen molar-refractivity contribution < 1.29 is 4.79 Å². The van der Waals surface area contributed by atoms with E-state index < -0.39 is 0 Å². The van der Waals surface area contributed by atoms with E-state index in [2.05, 4.69) is 0 Å². The standard InChI is InChI=1S/C9H9ClOS/c1-2-7(6-11)5-8-3-4-9(10)12-8/h3-6H,2H2,1H3. The van der Waals surface area contributed by atoms with Gasteiger partial charge in [-0.15, -0.1) is 11.3 Å².